The van der Waals surface area contributed by atoms with Gasteiger partial charge in [-0.25, -0.2) is 0 Å². The fourth-order valence-electron chi connectivity index (χ4n) is 0.905. The maximum absolute atomic E-state index is 7.45. The summed E-state index contributed by atoms with van der Waals surface area (Å²) in [5, 5.41) is 7.45. The average molecular weight is 152 g/mol. The first-order valence-corrected chi connectivity index (χ1v) is 3.57. The summed E-state index contributed by atoms with van der Waals surface area (Å²) in [4.78, 5) is 0. The first-order valence-electron chi connectivity index (χ1n) is 3.57. The Morgan fingerprint density at radius 1 is 1.55 bits per heavy atom. The predicted molar refractivity (Wildman–Crippen MR) is 42.5 cm³/mol. The van der Waals surface area contributed by atoms with Crippen LogP contribution in [0.25, 0.3) is 0 Å². The lowest BCUT2D eigenvalue weighted by Crippen LogP contribution is -2.17. The number of hydrogen-bond acceptors (Lipinski definition) is 2. The van der Waals surface area contributed by atoms with E-state index in [1.807, 2.05) is 17.7 Å². The molecule has 0 spiro atoms. The molecule has 0 aliphatic heterocycles. The summed E-state index contributed by atoms with van der Waals surface area (Å²) in [5.74, 6) is 0.794. The topological polar surface area (TPSA) is 38.0 Å². The molecule has 1 heterocycles. The zero-order valence-corrected chi connectivity index (χ0v) is 6.79. The number of methoxy groups -OCH3 is 1. The van der Waals surface area contributed by atoms with Crippen molar-refractivity contribution in [1.29, 1.82) is 5.41 Å². The molecule has 1 N–H and O–H groups in total. The van der Waals surface area contributed by atoms with Crippen LogP contribution in [0.3, 0.4) is 0 Å². The summed E-state index contributed by atoms with van der Waals surface area (Å²) in [7, 11) is 1.62. The van der Waals surface area contributed by atoms with Gasteiger partial charge in [0.2, 0.25) is 0 Å². The molecule has 0 unspecified atom stereocenters. The van der Waals surface area contributed by atoms with Crippen LogP contribution in [0.5, 0.6) is 5.75 Å². The molecule has 60 valence electrons. The minimum Gasteiger partial charge on any atom is -0.495 e. The van der Waals surface area contributed by atoms with E-state index in [0.717, 1.165) is 12.3 Å². The van der Waals surface area contributed by atoms with Gasteiger partial charge in [-0.3, -0.25) is 5.41 Å². The second-order valence-electron chi connectivity index (χ2n) is 2.24. The van der Waals surface area contributed by atoms with Crippen molar-refractivity contribution in [3.63, 3.8) is 0 Å². The van der Waals surface area contributed by atoms with Crippen LogP contribution in [0.2, 0.25) is 0 Å². The lowest BCUT2D eigenvalue weighted by atomic mass is 10.4. The lowest BCUT2D eigenvalue weighted by molar-refractivity contribution is 0.408. The van der Waals surface area contributed by atoms with Crippen LogP contribution >= 0.6 is 0 Å². The van der Waals surface area contributed by atoms with Crippen molar-refractivity contribution in [2.24, 2.45) is 0 Å². The third-order valence-corrected chi connectivity index (χ3v) is 1.57. The molecule has 3 heteroatoms. The Hall–Kier alpha value is -1.25. The average Bonchev–Trinajstić information content (AvgIpc) is 2.05. The van der Waals surface area contributed by atoms with E-state index in [4.69, 9.17) is 10.1 Å². The van der Waals surface area contributed by atoms with Crippen LogP contribution in [0.1, 0.15) is 6.92 Å². The second kappa shape index (κ2) is 3.23. The summed E-state index contributed by atoms with van der Waals surface area (Å²) in [6, 6.07) is 3.51. The van der Waals surface area contributed by atoms with E-state index in [1.165, 1.54) is 0 Å². The van der Waals surface area contributed by atoms with Gasteiger partial charge in [0.25, 0.3) is 0 Å². The Balaban J connectivity index is 3.13. The van der Waals surface area contributed by atoms with Crippen molar-refractivity contribution in [2.75, 3.05) is 7.11 Å². The molecule has 3 nitrogen and oxygen atoms in total. The zero-order chi connectivity index (χ0) is 8.27. The van der Waals surface area contributed by atoms with Crippen LogP contribution in [-0.2, 0) is 6.54 Å². The Labute approximate surface area is 65.8 Å². The number of rotatable bonds is 2. The van der Waals surface area contributed by atoms with Crippen molar-refractivity contribution < 1.29 is 4.74 Å². The van der Waals surface area contributed by atoms with Crippen LogP contribution in [0.15, 0.2) is 18.3 Å². The van der Waals surface area contributed by atoms with Gasteiger partial charge >= 0.3 is 0 Å². The first-order chi connectivity index (χ1) is 5.27. The van der Waals surface area contributed by atoms with Crippen LogP contribution in [0.4, 0.5) is 0 Å². The van der Waals surface area contributed by atoms with E-state index >= 15 is 0 Å². The van der Waals surface area contributed by atoms with Gasteiger partial charge < -0.3 is 9.30 Å². The molecule has 0 aliphatic carbocycles. The number of aromatic nitrogens is 1. The molecule has 0 saturated heterocycles. The fraction of sp³-hybridized carbons (Fsp3) is 0.375. The normalized spacial score (nSPS) is 9.64. The summed E-state index contributed by atoms with van der Waals surface area (Å²) in [6.07, 6.45) is 1.82. The molecule has 0 atom stereocenters. The van der Waals surface area contributed by atoms with Gasteiger partial charge in [-0.1, -0.05) is 0 Å². The Morgan fingerprint density at radius 3 is 2.82 bits per heavy atom. The molecule has 0 fully saturated rings. The van der Waals surface area contributed by atoms with Crippen molar-refractivity contribution >= 4 is 0 Å². The highest BCUT2D eigenvalue weighted by Crippen LogP contribution is 2.04. The molecular weight excluding hydrogens is 140 g/mol. The quantitative estimate of drug-likeness (QED) is 0.674. The highest BCUT2D eigenvalue weighted by molar-refractivity contribution is 5.15. The van der Waals surface area contributed by atoms with Crippen LogP contribution < -0.4 is 10.2 Å². The standard InChI is InChI=1S/C8H12N2O/c1-3-10-6-7(11-2)4-5-8(10)9/h4-6,9H,3H2,1-2H3. The fourth-order valence-corrected chi connectivity index (χ4v) is 0.905. The molecule has 0 bridgehead atoms. The third kappa shape index (κ3) is 1.61. The number of nitrogens with zero attached hydrogens (tertiary/aromatic N) is 1. The van der Waals surface area contributed by atoms with Crippen LogP contribution in [-0.4, -0.2) is 11.7 Å². The Bertz CT molecular complexity index is 290. The molecule has 0 aliphatic rings. The highest BCUT2D eigenvalue weighted by Gasteiger charge is 1.91. The minimum atomic E-state index is 0.508. The smallest absolute Gasteiger partial charge is 0.135 e. The number of aryl methyl sites for hydroxylation is 1. The molecule has 0 radical (unpaired) electrons. The van der Waals surface area contributed by atoms with Gasteiger partial charge in [0, 0.05) is 12.7 Å². The van der Waals surface area contributed by atoms with Crippen molar-refractivity contribution in [3.05, 3.63) is 23.8 Å². The predicted octanol–water partition coefficient (Wildman–Crippen LogP) is 0.996. The lowest BCUT2D eigenvalue weighted by Gasteiger charge is -2.04. The van der Waals surface area contributed by atoms with E-state index in [0.29, 0.717) is 5.49 Å². The van der Waals surface area contributed by atoms with Crippen molar-refractivity contribution in [3.8, 4) is 5.75 Å². The minimum absolute atomic E-state index is 0.508. The van der Waals surface area contributed by atoms with Gasteiger partial charge in [0.05, 0.1) is 7.11 Å². The Kier molecular flexibility index (Phi) is 2.31. The molecule has 0 aromatic carbocycles. The SMILES string of the molecule is CCn1cc(OC)ccc1=N. The van der Waals surface area contributed by atoms with Crippen molar-refractivity contribution in [2.45, 2.75) is 13.5 Å². The molecule has 1 rings (SSSR count). The first kappa shape index (κ1) is 7.85. The highest BCUT2D eigenvalue weighted by atomic mass is 16.5. The van der Waals surface area contributed by atoms with E-state index in [-0.39, 0.29) is 0 Å². The van der Waals surface area contributed by atoms with E-state index < -0.39 is 0 Å². The summed E-state index contributed by atoms with van der Waals surface area (Å²) in [6.45, 7) is 2.80. The maximum atomic E-state index is 7.45. The van der Waals surface area contributed by atoms with Gasteiger partial charge in [0.15, 0.2) is 0 Å². The third-order valence-electron chi connectivity index (χ3n) is 1.57. The maximum Gasteiger partial charge on any atom is 0.135 e. The second-order valence-corrected chi connectivity index (χ2v) is 2.24. The molecular formula is C8H12N2O. The Morgan fingerprint density at radius 2 is 2.27 bits per heavy atom. The van der Waals surface area contributed by atoms with Gasteiger partial charge in [-0.15, -0.1) is 0 Å². The molecule has 1 aromatic heterocycles. The van der Waals surface area contributed by atoms with E-state index in [1.54, 1.807) is 19.2 Å². The summed E-state index contributed by atoms with van der Waals surface area (Å²) >= 11 is 0. The number of nitrogens with one attached hydrogen (secondary N) is 1. The number of hydrogen-bond donors (Lipinski definition) is 1. The number of ether oxygens (including phenoxy) is 1. The van der Waals surface area contributed by atoms with E-state index in [9.17, 15) is 0 Å². The van der Waals surface area contributed by atoms with Crippen LogP contribution in [0, 0.1) is 5.41 Å². The molecule has 11 heavy (non-hydrogen) atoms. The van der Waals surface area contributed by atoms with Gasteiger partial charge in [0.1, 0.15) is 11.2 Å². The van der Waals surface area contributed by atoms with E-state index in [2.05, 4.69) is 0 Å². The largest absolute Gasteiger partial charge is 0.495 e. The van der Waals surface area contributed by atoms with Gasteiger partial charge in [-0.05, 0) is 19.1 Å². The monoisotopic (exact) mass is 152 g/mol. The zero-order valence-electron chi connectivity index (χ0n) is 6.79. The molecule has 1 aromatic rings. The molecule has 0 saturated carbocycles. The summed E-state index contributed by atoms with van der Waals surface area (Å²) < 4.78 is 6.83. The van der Waals surface area contributed by atoms with Gasteiger partial charge in [-0.2, -0.15) is 0 Å². The molecule has 0 amide bonds. The number of pyridine rings is 1. The summed E-state index contributed by atoms with van der Waals surface area (Å²) in [5.41, 5.74) is 0.508. The van der Waals surface area contributed by atoms with Crippen molar-refractivity contribution in [1.82, 2.24) is 4.57 Å².